The molecule has 0 aliphatic heterocycles. The number of rotatable bonds is 6. The highest BCUT2D eigenvalue weighted by Gasteiger charge is 2.27. The summed E-state index contributed by atoms with van der Waals surface area (Å²) in [7, 11) is 0. The minimum Gasteiger partial charge on any atom is -0.216 e. The second kappa shape index (κ2) is 6.21. The highest BCUT2D eigenvalue weighted by Crippen LogP contribution is 2.39. The largest absolute Gasteiger partial charge is 0.216 e. The first-order chi connectivity index (χ1) is 6.50. The zero-order chi connectivity index (χ0) is 11.2. The van der Waals surface area contributed by atoms with E-state index in [9.17, 15) is 4.39 Å². The highest BCUT2D eigenvalue weighted by molar-refractivity contribution is 5.02. The Bertz CT molecular complexity index is 182. The Kier molecular flexibility index (Phi) is 6.06. The van der Waals surface area contributed by atoms with Crippen molar-refractivity contribution in [1.82, 2.24) is 0 Å². The average molecular weight is 200 g/mol. The molecule has 0 aromatic rings. The fraction of sp³-hybridized carbons (Fsp3) is 0.846. The molecule has 0 nitrogen and oxygen atoms in total. The zero-order valence-corrected chi connectivity index (χ0v) is 10.4. The lowest BCUT2D eigenvalue weighted by Crippen LogP contribution is -2.24. The molecule has 0 aliphatic carbocycles. The van der Waals surface area contributed by atoms with Crippen LogP contribution in [0.1, 0.15) is 60.3 Å². The number of halogens is 1. The van der Waals surface area contributed by atoms with E-state index < -0.39 is 0 Å². The summed E-state index contributed by atoms with van der Waals surface area (Å²) in [5.74, 6) is 0.615. The van der Waals surface area contributed by atoms with Crippen LogP contribution < -0.4 is 0 Å². The minimum absolute atomic E-state index is 0.267. The summed E-state index contributed by atoms with van der Waals surface area (Å²) in [5.41, 5.74) is 1.22. The van der Waals surface area contributed by atoms with Crippen molar-refractivity contribution < 1.29 is 4.39 Å². The van der Waals surface area contributed by atoms with Gasteiger partial charge in [0.15, 0.2) is 0 Å². The topological polar surface area (TPSA) is 0 Å². The summed E-state index contributed by atoms with van der Waals surface area (Å²) in [6.07, 6.45) is 4.91. The van der Waals surface area contributed by atoms with Crippen LogP contribution in [0.4, 0.5) is 4.39 Å². The van der Waals surface area contributed by atoms with Gasteiger partial charge >= 0.3 is 0 Å². The molecule has 14 heavy (non-hydrogen) atoms. The third-order valence-electron chi connectivity index (χ3n) is 3.45. The Morgan fingerprint density at radius 2 is 1.93 bits per heavy atom. The molecule has 0 fully saturated rings. The molecule has 0 bridgehead atoms. The predicted octanol–water partition coefficient (Wildman–Crippen LogP) is 5.10. The average Bonchev–Trinajstić information content (AvgIpc) is 2.14. The standard InChI is InChI=1S/C13H25F/c1-6-8-13(5,11(3)4)9-12(7-2)10-14/h10-11H,6-9H2,1-5H3/b12-10-. The van der Waals surface area contributed by atoms with E-state index in [2.05, 4.69) is 27.7 Å². The minimum atomic E-state index is 0.267. The molecule has 0 aromatic heterocycles. The van der Waals surface area contributed by atoms with Crippen molar-refractivity contribution in [3.63, 3.8) is 0 Å². The molecule has 0 saturated heterocycles. The molecule has 0 spiro atoms. The van der Waals surface area contributed by atoms with Gasteiger partial charge in [-0.3, -0.25) is 0 Å². The molecule has 0 radical (unpaired) electrons. The van der Waals surface area contributed by atoms with Crippen LogP contribution in [0.15, 0.2) is 11.9 Å². The van der Waals surface area contributed by atoms with Crippen LogP contribution in [0, 0.1) is 11.3 Å². The van der Waals surface area contributed by atoms with Gasteiger partial charge in [-0.05, 0) is 36.2 Å². The summed E-state index contributed by atoms with van der Waals surface area (Å²) >= 11 is 0. The molecule has 0 saturated carbocycles. The molecule has 1 unspecified atom stereocenters. The van der Waals surface area contributed by atoms with E-state index in [0.717, 1.165) is 24.7 Å². The van der Waals surface area contributed by atoms with E-state index in [1.165, 1.54) is 12.8 Å². The summed E-state index contributed by atoms with van der Waals surface area (Å²) < 4.78 is 12.5. The van der Waals surface area contributed by atoms with E-state index in [1.54, 1.807) is 0 Å². The van der Waals surface area contributed by atoms with E-state index in [1.807, 2.05) is 6.92 Å². The first-order valence-corrected chi connectivity index (χ1v) is 5.78. The van der Waals surface area contributed by atoms with Gasteiger partial charge in [-0.1, -0.05) is 41.0 Å². The van der Waals surface area contributed by atoms with Gasteiger partial charge in [-0.2, -0.15) is 0 Å². The lowest BCUT2D eigenvalue weighted by Gasteiger charge is -2.34. The van der Waals surface area contributed by atoms with Gasteiger partial charge in [0.1, 0.15) is 0 Å². The highest BCUT2D eigenvalue weighted by atomic mass is 19.1. The van der Waals surface area contributed by atoms with Gasteiger partial charge < -0.3 is 0 Å². The van der Waals surface area contributed by atoms with Gasteiger partial charge in [-0.25, -0.2) is 4.39 Å². The smallest absolute Gasteiger partial charge is 0.0859 e. The van der Waals surface area contributed by atoms with Gasteiger partial charge in [0.05, 0.1) is 6.33 Å². The molecule has 0 amide bonds. The van der Waals surface area contributed by atoms with Crippen LogP contribution in [0.25, 0.3) is 0 Å². The van der Waals surface area contributed by atoms with Gasteiger partial charge in [0.2, 0.25) is 0 Å². The van der Waals surface area contributed by atoms with E-state index in [4.69, 9.17) is 0 Å². The maximum absolute atomic E-state index is 12.5. The lowest BCUT2D eigenvalue weighted by molar-refractivity contribution is 0.193. The van der Waals surface area contributed by atoms with Crippen molar-refractivity contribution in [2.75, 3.05) is 0 Å². The van der Waals surface area contributed by atoms with Crippen molar-refractivity contribution >= 4 is 0 Å². The second-order valence-electron chi connectivity index (χ2n) is 4.86. The van der Waals surface area contributed by atoms with E-state index in [-0.39, 0.29) is 5.41 Å². The Labute approximate surface area is 88.6 Å². The normalized spacial score (nSPS) is 17.2. The number of hydrogen-bond acceptors (Lipinski definition) is 0. The molecule has 0 aromatic carbocycles. The Hall–Kier alpha value is -0.330. The Morgan fingerprint density at radius 3 is 2.21 bits per heavy atom. The molecule has 1 atom stereocenters. The predicted molar refractivity (Wildman–Crippen MR) is 62.0 cm³/mol. The first kappa shape index (κ1) is 13.7. The number of allylic oxidation sites excluding steroid dienone is 1. The Morgan fingerprint density at radius 1 is 1.36 bits per heavy atom. The number of hydrogen-bond donors (Lipinski definition) is 0. The quantitative estimate of drug-likeness (QED) is 0.559. The van der Waals surface area contributed by atoms with Crippen molar-refractivity contribution in [1.29, 1.82) is 0 Å². The molecule has 0 heterocycles. The SMILES string of the molecule is CCCC(C)(C/C(=C\F)CC)C(C)C. The van der Waals surface area contributed by atoms with Crippen LogP contribution in [-0.2, 0) is 0 Å². The third kappa shape index (κ3) is 3.81. The fourth-order valence-corrected chi connectivity index (χ4v) is 1.91. The van der Waals surface area contributed by atoms with Crippen molar-refractivity contribution in [2.24, 2.45) is 11.3 Å². The summed E-state index contributed by atoms with van der Waals surface area (Å²) in [5, 5.41) is 0. The van der Waals surface area contributed by atoms with Crippen LogP contribution in [-0.4, -0.2) is 0 Å². The maximum Gasteiger partial charge on any atom is 0.0859 e. The summed E-state index contributed by atoms with van der Waals surface area (Å²) in [4.78, 5) is 0. The molecule has 0 rings (SSSR count). The molecule has 1 heteroatoms. The molecular weight excluding hydrogens is 175 g/mol. The molecule has 0 N–H and O–H groups in total. The van der Waals surface area contributed by atoms with Gasteiger partial charge in [0, 0.05) is 0 Å². The van der Waals surface area contributed by atoms with Crippen molar-refractivity contribution in [2.45, 2.75) is 60.3 Å². The molecular formula is C13H25F. The summed E-state index contributed by atoms with van der Waals surface area (Å²) in [6, 6.07) is 0. The third-order valence-corrected chi connectivity index (χ3v) is 3.45. The van der Waals surface area contributed by atoms with Crippen LogP contribution in [0.3, 0.4) is 0 Å². The van der Waals surface area contributed by atoms with Crippen LogP contribution in [0.5, 0.6) is 0 Å². The lowest BCUT2D eigenvalue weighted by atomic mass is 9.71. The van der Waals surface area contributed by atoms with Gasteiger partial charge in [-0.15, -0.1) is 0 Å². The zero-order valence-electron chi connectivity index (χ0n) is 10.4. The van der Waals surface area contributed by atoms with Crippen molar-refractivity contribution in [3.8, 4) is 0 Å². The van der Waals surface area contributed by atoms with Crippen LogP contribution >= 0.6 is 0 Å². The molecule has 84 valence electrons. The monoisotopic (exact) mass is 200 g/mol. The maximum atomic E-state index is 12.5. The van der Waals surface area contributed by atoms with Crippen LogP contribution in [0.2, 0.25) is 0 Å². The Balaban J connectivity index is 4.51. The van der Waals surface area contributed by atoms with E-state index >= 15 is 0 Å². The molecule has 0 aliphatic rings. The van der Waals surface area contributed by atoms with E-state index in [0.29, 0.717) is 5.92 Å². The summed E-state index contributed by atoms with van der Waals surface area (Å²) in [6.45, 7) is 11.0. The second-order valence-corrected chi connectivity index (χ2v) is 4.86. The van der Waals surface area contributed by atoms with Gasteiger partial charge in [0.25, 0.3) is 0 Å². The fourth-order valence-electron chi connectivity index (χ4n) is 1.91. The van der Waals surface area contributed by atoms with Crippen molar-refractivity contribution in [3.05, 3.63) is 11.9 Å². The first-order valence-electron chi connectivity index (χ1n) is 5.78.